The Hall–Kier alpha value is -1.51. The molecular formula is C14H14ClNO. The van der Waals surface area contributed by atoms with Crippen molar-refractivity contribution in [2.75, 3.05) is 5.32 Å². The van der Waals surface area contributed by atoms with Crippen LogP contribution in [0.25, 0.3) is 0 Å². The van der Waals surface area contributed by atoms with Gasteiger partial charge in [-0.05, 0) is 23.8 Å². The van der Waals surface area contributed by atoms with Crippen LogP contribution in [0.1, 0.15) is 11.1 Å². The number of halogens is 1. The molecule has 0 aliphatic heterocycles. The fourth-order valence-electron chi connectivity index (χ4n) is 1.67. The number of anilines is 1. The Morgan fingerprint density at radius 2 is 1.88 bits per heavy atom. The molecular weight excluding hydrogens is 234 g/mol. The van der Waals surface area contributed by atoms with Gasteiger partial charge in [0.1, 0.15) is 0 Å². The predicted molar refractivity (Wildman–Crippen MR) is 71.1 cm³/mol. The molecule has 2 N–H and O–H groups in total. The summed E-state index contributed by atoms with van der Waals surface area (Å²) in [7, 11) is 0. The Bertz CT molecular complexity index is 499. The van der Waals surface area contributed by atoms with Crippen LogP contribution in [-0.2, 0) is 13.2 Å². The van der Waals surface area contributed by atoms with Gasteiger partial charge in [-0.25, -0.2) is 0 Å². The van der Waals surface area contributed by atoms with Crippen molar-refractivity contribution in [2.45, 2.75) is 13.2 Å². The first kappa shape index (κ1) is 12.0. The van der Waals surface area contributed by atoms with Crippen LogP contribution in [0.3, 0.4) is 0 Å². The van der Waals surface area contributed by atoms with E-state index >= 15 is 0 Å². The molecule has 0 heterocycles. The number of hydrogen-bond acceptors (Lipinski definition) is 2. The predicted octanol–water partition coefficient (Wildman–Crippen LogP) is 3.44. The first-order valence-corrected chi connectivity index (χ1v) is 5.84. The van der Waals surface area contributed by atoms with Crippen molar-refractivity contribution in [3.8, 4) is 0 Å². The van der Waals surface area contributed by atoms with Crippen LogP contribution in [0, 0.1) is 0 Å². The van der Waals surface area contributed by atoms with E-state index in [0.717, 1.165) is 21.8 Å². The van der Waals surface area contributed by atoms with E-state index in [1.165, 1.54) is 0 Å². The maximum atomic E-state index is 9.20. The van der Waals surface area contributed by atoms with Crippen LogP contribution < -0.4 is 5.32 Å². The average Bonchev–Trinajstić information content (AvgIpc) is 2.37. The lowest BCUT2D eigenvalue weighted by atomic mass is 10.1. The zero-order valence-electron chi connectivity index (χ0n) is 9.36. The topological polar surface area (TPSA) is 32.3 Å². The first-order chi connectivity index (χ1) is 8.29. The molecule has 2 nitrogen and oxygen atoms in total. The van der Waals surface area contributed by atoms with Crippen LogP contribution in [0.4, 0.5) is 5.69 Å². The standard InChI is InChI=1S/C14H14ClNO/c15-13-6-3-4-11(8-13)9-16-14-7-2-1-5-12(14)10-17/h1-8,16-17H,9-10H2. The largest absolute Gasteiger partial charge is 0.392 e. The van der Waals surface area contributed by atoms with Gasteiger partial charge in [-0.15, -0.1) is 0 Å². The van der Waals surface area contributed by atoms with Crippen LogP contribution in [0.15, 0.2) is 48.5 Å². The van der Waals surface area contributed by atoms with Gasteiger partial charge in [-0.2, -0.15) is 0 Å². The molecule has 0 bridgehead atoms. The SMILES string of the molecule is OCc1ccccc1NCc1cccc(Cl)c1. The van der Waals surface area contributed by atoms with Gasteiger partial charge in [0.2, 0.25) is 0 Å². The summed E-state index contributed by atoms with van der Waals surface area (Å²) < 4.78 is 0. The molecule has 0 aliphatic carbocycles. The Morgan fingerprint density at radius 1 is 1.06 bits per heavy atom. The monoisotopic (exact) mass is 247 g/mol. The third-order valence-corrected chi connectivity index (χ3v) is 2.79. The van der Waals surface area contributed by atoms with Crippen molar-refractivity contribution in [1.29, 1.82) is 0 Å². The Balaban J connectivity index is 2.07. The second kappa shape index (κ2) is 5.71. The number of nitrogens with one attached hydrogen (secondary N) is 1. The number of aliphatic hydroxyl groups excluding tert-OH is 1. The molecule has 3 heteroatoms. The summed E-state index contributed by atoms with van der Waals surface area (Å²) in [5, 5.41) is 13.2. The highest BCUT2D eigenvalue weighted by Gasteiger charge is 2.00. The van der Waals surface area contributed by atoms with E-state index in [1.807, 2.05) is 48.5 Å². The van der Waals surface area contributed by atoms with Crippen molar-refractivity contribution >= 4 is 17.3 Å². The van der Waals surface area contributed by atoms with E-state index in [4.69, 9.17) is 11.6 Å². The van der Waals surface area contributed by atoms with Gasteiger partial charge in [0.15, 0.2) is 0 Å². The van der Waals surface area contributed by atoms with Crippen molar-refractivity contribution in [2.24, 2.45) is 0 Å². The highest BCUT2D eigenvalue weighted by molar-refractivity contribution is 6.30. The summed E-state index contributed by atoms with van der Waals surface area (Å²) in [5.41, 5.74) is 2.97. The van der Waals surface area contributed by atoms with Crippen LogP contribution in [0.2, 0.25) is 5.02 Å². The third-order valence-electron chi connectivity index (χ3n) is 2.56. The molecule has 17 heavy (non-hydrogen) atoms. The molecule has 0 radical (unpaired) electrons. The second-order valence-corrected chi connectivity index (χ2v) is 4.24. The van der Waals surface area contributed by atoms with Crippen LogP contribution in [0.5, 0.6) is 0 Å². The Labute approximate surface area is 106 Å². The Morgan fingerprint density at radius 3 is 2.65 bits per heavy atom. The quantitative estimate of drug-likeness (QED) is 0.868. The molecule has 0 fully saturated rings. The lowest BCUT2D eigenvalue weighted by Crippen LogP contribution is -2.02. The van der Waals surface area contributed by atoms with Crippen molar-refractivity contribution in [3.63, 3.8) is 0 Å². The van der Waals surface area contributed by atoms with Gasteiger partial charge in [0.25, 0.3) is 0 Å². The number of benzene rings is 2. The molecule has 0 saturated heterocycles. The smallest absolute Gasteiger partial charge is 0.0701 e. The van der Waals surface area contributed by atoms with Gasteiger partial charge >= 0.3 is 0 Å². The summed E-state index contributed by atoms with van der Waals surface area (Å²) in [6, 6.07) is 15.4. The molecule has 0 aliphatic rings. The first-order valence-electron chi connectivity index (χ1n) is 5.46. The molecule has 0 amide bonds. The molecule has 0 unspecified atom stereocenters. The van der Waals surface area contributed by atoms with E-state index in [1.54, 1.807) is 0 Å². The van der Waals surface area contributed by atoms with Gasteiger partial charge in [0, 0.05) is 22.8 Å². The minimum absolute atomic E-state index is 0.0404. The maximum absolute atomic E-state index is 9.20. The van der Waals surface area contributed by atoms with Crippen LogP contribution >= 0.6 is 11.6 Å². The van der Waals surface area contributed by atoms with Gasteiger partial charge in [0.05, 0.1) is 6.61 Å². The highest BCUT2D eigenvalue weighted by Crippen LogP contribution is 2.17. The molecule has 0 atom stereocenters. The van der Waals surface area contributed by atoms with Crippen molar-refractivity contribution in [3.05, 3.63) is 64.7 Å². The fourth-order valence-corrected chi connectivity index (χ4v) is 1.89. The van der Waals surface area contributed by atoms with E-state index in [2.05, 4.69) is 5.32 Å². The number of hydrogen-bond donors (Lipinski definition) is 2. The molecule has 0 saturated carbocycles. The summed E-state index contributed by atoms with van der Waals surface area (Å²) in [4.78, 5) is 0. The lowest BCUT2D eigenvalue weighted by Gasteiger charge is -2.10. The number of aliphatic hydroxyl groups is 1. The van der Waals surface area contributed by atoms with Crippen LogP contribution in [-0.4, -0.2) is 5.11 Å². The summed E-state index contributed by atoms with van der Waals surface area (Å²) >= 11 is 5.92. The van der Waals surface area contributed by atoms with E-state index in [0.29, 0.717) is 6.54 Å². The molecule has 0 spiro atoms. The van der Waals surface area contributed by atoms with Crippen molar-refractivity contribution in [1.82, 2.24) is 0 Å². The highest BCUT2D eigenvalue weighted by atomic mass is 35.5. The fraction of sp³-hybridized carbons (Fsp3) is 0.143. The summed E-state index contributed by atoms with van der Waals surface area (Å²) in [6.07, 6.45) is 0. The normalized spacial score (nSPS) is 10.2. The number of para-hydroxylation sites is 1. The minimum atomic E-state index is 0.0404. The third kappa shape index (κ3) is 3.22. The molecule has 2 aromatic rings. The zero-order chi connectivity index (χ0) is 12.1. The van der Waals surface area contributed by atoms with Gasteiger partial charge in [-0.3, -0.25) is 0 Å². The summed E-state index contributed by atoms with van der Waals surface area (Å²) in [6.45, 7) is 0.732. The number of rotatable bonds is 4. The van der Waals surface area contributed by atoms with Gasteiger partial charge in [-0.1, -0.05) is 41.9 Å². The average molecular weight is 248 g/mol. The van der Waals surface area contributed by atoms with Crippen molar-refractivity contribution < 1.29 is 5.11 Å². The van der Waals surface area contributed by atoms with E-state index in [9.17, 15) is 5.11 Å². The van der Waals surface area contributed by atoms with Gasteiger partial charge < -0.3 is 10.4 Å². The zero-order valence-corrected chi connectivity index (χ0v) is 10.1. The second-order valence-electron chi connectivity index (χ2n) is 3.80. The summed E-state index contributed by atoms with van der Waals surface area (Å²) in [5.74, 6) is 0. The molecule has 0 aromatic heterocycles. The van der Waals surface area contributed by atoms with E-state index in [-0.39, 0.29) is 6.61 Å². The molecule has 2 rings (SSSR count). The maximum Gasteiger partial charge on any atom is 0.0701 e. The molecule has 2 aromatic carbocycles. The minimum Gasteiger partial charge on any atom is -0.392 e. The van der Waals surface area contributed by atoms with E-state index < -0.39 is 0 Å². The molecule has 88 valence electrons. The lowest BCUT2D eigenvalue weighted by molar-refractivity contribution is 0.282. The Kier molecular flexibility index (Phi) is 4.02.